The fourth-order valence-corrected chi connectivity index (χ4v) is 4.09. The summed E-state index contributed by atoms with van der Waals surface area (Å²) in [5, 5.41) is 2.76. The van der Waals surface area contributed by atoms with E-state index in [9.17, 15) is 18.4 Å². The fraction of sp³-hybridized carbons (Fsp3) is 0.333. The van der Waals surface area contributed by atoms with E-state index in [0.717, 1.165) is 25.7 Å². The van der Waals surface area contributed by atoms with E-state index in [2.05, 4.69) is 5.32 Å². The Morgan fingerprint density at radius 3 is 2.37 bits per heavy atom. The van der Waals surface area contributed by atoms with Crippen LogP contribution in [0.3, 0.4) is 0 Å². The molecule has 1 fully saturated rings. The summed E-state index contributed by atoms with van der Waals surface area (Å²) < 4.78 is 27.5. The number of anilines is 1. The molecule has 4 nitrogen and oxygen atoms in total. The Labute approximate surface area is 156 Å². The van der Waals surface area contributed by atoms with E-state index in [1.807, 2.05) is 0 Å². The zero-order valence-electron chi connectivity index (χ0n) is 14.8. The number of rotatable bonds is 2. The molecule has 0 bridgehead atoms. The SMILES string of the molecule is O=C1CN(C(=O)C2CCCC2)[C@H](c2ccc(F)cc2)c2cc(F)ccc2N1. The summed E-state index contributed by atoms with van der Waals surface area (Å²) in [7, 11) is 0. The standard InChI is InChI=1S/C21H20F2N2O2/c22-15-7-5-13(6-8-15)20-17-11-16(23)9-10-18(17)24-19(26)12-25(20)21(27)14-3-1-2-4-14/h5-11,14,20H,1-4,12H2,(H,24,26)/t20-/m1/s1. The van der Waals surface area contributed by atoms with E-state index < -0.39 is 17.7 Å². The van der Waals surface area contributed by atoms with Gasteiger partial charge >= 0.3 is 0 Å². The van der Waals surface area contributed by atoms with Gasteiger partial charge in [0.1, 0.15) is 18.2 Å². The van der Waals surface area contributed by atoms with Gasteiger partial charge in [-0.1, -0.05) is 25.0 Å². The predicted octanol–water partition coefficient (Wildman–Crippen LogP) is 4.03. The van der Waals surface area contributed by atoms with Crippen molar-refractivity contribution in [1.82, 2.24) is 4.90 Å². The van der Waals surface area contributed by atoms with Crippen molar-refractivity contribution < 1.29 is 18.4 Å². The molecule has 2 aromatic rings. The lowest BCUT2D eigenvalue weighted by Crippen LogP contribution is -2.41. The molecule has 2 aromatic carbocycles. The van der Waals surface area contributed by atoms with Gasteiger partial charge < -0.3 is 10.2 Å². The number of halogens is 2. The molecule has 1 aliphatic heterocycles. The second-order valence-corrected chi connectivity index (χ2v) is 7.18. The first-order valence-corrected chi connectivity index (χ1v) is 9.18. The van der Waals surface area contributed by atoms with Gasteiger partial charge in [-0.2, -0.15) is 0 Å². The molecule has 27 heavy (non-hydrogen) atoms. The second kappa shape index (κ2) is 7.10. The number of benzene rings is 2. The minimum absolute atomic E-state index is 0.103. The maximum absolute atomic E-state index is 14.0. The average molecular weight is 370 g/mol. The summed E-state index contributed by atoms with van der Waals surface area (Å²) in [5.74, 6) is -1.40. The highest BCUT2D eigenvalue weighted by molar-refractivity contribution is 5.97. The van der Waals surface area contributed by atoms with Gasteiger partial charge in [-0.15, -0.1) is 0 Å². The van der Waals surface area contributed by atoms with E-state index in [1.54, 1.807) is 12.1 Å². The molecule has 0 radical (unpaired) electrons. The van der Waals surface area contributed by atoms with Crippen LogP contribution < -0.4 is 5.32 Å². The molecule has 0 aromatic heterocycles. The van der Waals surface area contributed by atoms with Crippen LogP contribution in [0, 0.1) is 17.6 Å². The molecule has 1 aliphatic carbocycles. The topological polar surface area (TPSA) is 49.4 Å². The van der Waals surface area contributed by atoms with Crippen LogP contribution in [0.4, 0.5) is 14.5 Å². The molecule has 1 heterocycles. The van der Waals surface area contributed by atoms with Crippen molar-refractivity contribution in [2.45, 2.75) is 31.7 Å². The maximum Gasteiger partial charge on any atom is 0.244 e. The predicted molar refractivity (Wildman–Crippen MR) is 96.9 cm³/mol. The van der Waals surface area contributed by atoms with Crippen molar-refractivity contribution >= 4 is 17.5 Å². The van der Waals surface area contributed by atoms with E-state index in [-0.39, 0.29) is 24.3 Å². The van der Waals surface area contributed by atoms with Crippen LogP contribution in [0.5, 0.6) is 0 Å². The Bertz CT molecular complexity index is 876. The van der Waals surface area contributed by atoms with Gasteiger partial charge in [-0.3, -0.25) is 9.59 Å². The van der Waals surface area contributed by atoms with Crippen molar-refractivity contribution in [3.05, 3.63) is 65.2 Å². The molecule has 2 aliphatic rings. The molecule has 140 valence electrons. The molecule has 0 unspecified atom stereocenters. The van der Waals surface area contributed by atoms with Crippen LogP contribution in [0.2, 0.25) is 0 Å². The van der Waals surface area contributed by atoms with Crippen LogP contribution in [0.15, 0.2) is 42.5 Å². The third-order valence-electron chi connectivity index (χ3n) is 5.38. The summed E-state index contributed by atoms with van der Waals surface area (Å²) in [5.41, 5.74) is 1.61. The molecule has 6 heteroatoms. The molecular formula is C21H20F2N2O2. The lowest BCUT2D eigenvalue weighted by Gasteiger charge is -2.32. The Hall–Kier alpha value is -2.76. The van der Waals surface area contributed by atoms with Crippen molar-refractivity contribution in [1.29, 1.82) is 0 Å². The van der Waals surface area contributed by atoms with E-state index in [1.165, 1.54) is 35.2 Å². The normalized spacial score (nSPS) is 20.1. The van der Waals surface area contributed by atoms with E-state index >= 15 is 0 Å². The number of nitrogens with one attached hydrogen (secondary N) is 1. The number of hydrogen-bond donors (Lipinski definition) is 1. The number of carbonyl (C=O) groups excluding carboxylic acids is 2. The Morgan fingerprint density at radius 1 is 1.00 bits per heavy atom. The summed E-state index contributed by atoms with van der Waals surface area (Å²) in [6.45, 7) is -0.117. The average Bonchev–Trinajstić information content (AvgIpc) is 3.14. The second-order valence-electron chi connectivity index (χ2n) is 7.18. The van der Waals surface area contributed by atoms with Crippen molar-refractivity contribution in [3.8, 4) is 0 Å². The number of fused-ring (bicyclic) bond motifs is 1. The smallest absolute Gasteiger partial charge is 0.244 e. The molecule has 4 rings (SSSR count). The molecule has 1 saturated carbocycles. The van der Waals surface area contributed by atoms with Gasteiger partial charge in [0.2, 0.25) is 11.8 Å². The molecular weight excluding hydrogens is 350 g/mol. The maximum atomic E-state index is 14.0. The molecule has 0 spiro atoms. The Morgan fingerprint density at radius 2 is 1.67 bits per heavy atom. The fourth-order valence-electron chi connectivity index (χ4n) is 4.09. The summed E-state index contributed by atoms with van der Waals surface area (Å²) in [4.78, 5) is 27.2. The van der Waals surface area contributed by atoms with Gasteiger partial charge in [0, 0.05) is 17.2 Å². The molecule has 1 atom stereocenters. The number of hydrogen-bond acceptors (Lipinski definition) is 2. The minimum Gasteiger partial charge on any atom is -0.324 e. The quantitative estimate of drug-likeness (QED) is 0.868. The molecule has 1 N–H and O–H groups in total. The highest BCUT2D eigenvalue weighted by Gasteiger charge is 2.37. The third kappa shape index (κ3) is 3.44. The van der Waals surface area contributed by atoms with E-state index in [4.69, 9.17) is 0 Å². The van der Waals surface area contributed by atoms with Gasteiger partial charge in [0.25, 0.3) is 0 Å². The summed E-state index contributed by atoms with van der Waals surface area (Å²) in [6, 6.07) is 9.25. The van der Waals surface area contributed by atoms with Crippen molar-refractivity contribution in [2.24, 2.45) is 5.92 Å². The monoisotopic (exact) mass is 370 g/mol. The first-order chi connectivity index (χ1) is 13.0. The largest absolute Gasteiger partial charge is 0.324 e. The zero-order chi connectivity index (χ0) is 19.0. The lowest BCUT2D eigenvalue weighted by atomic mass is 9.94. The Kier molecular flexibility index (Phi) is 4.64. The first-order valence-electron chi connectivity index (χ1n) is 9.18. The summed E-state index contributed by atoms with van der Waals surface area (Å²) >= 11 is 0. The van der Waals surface area contributed by atoms with Crippen LogP contribution in [-0.4, -0.2) is 23.3 Å². The highest BCUT2D eigenvalue weighted by Crippen LogP contribution is 2.38. The van der Waals surface area contributed by atoms with Gasteiger partial charge in [-0.05, 0) is 48.7 Å². The molecule has 0 saturated heterocycles. The Balaban J connectivity index is 1.85. The highest BCUT2D eigenvalue weighted by atomic mass is 19.1. The van der Waals surface area contributed by atoms with Crippen LogP contribution in [0.1, 0.15) is 42.9 Å². The number of amides is 2. The number of carbonyl (C=O) groups is 2. The zero-order valence-corrected chi connectivity index (χ0v) is 14.8. The van der Waals surface area contributed by atoms with Gasteiger partial charge in [-0.25, -0.2) is 8.78 Å². The van der Waals surface area contributed by atoms with Crippen LogP contribution >= 0.6 is 0 Å². The lowest BCUT2D eigenvalue weighted by molar-refractivity contribution is -0.139. The molecule has 2 amide bonds. The number of nitrogens with zero attached hydrogens (tertiary/aromatic N) is 1. The minimum atomic E-state index is -0.650. The van der Waals surface area contributed by atoms with Crippen molar-refractivity contribution in [2.75, 3.05) is 11.9 Å². The summed E-state index contributed by atoms with van der Waals surface area (Å²) in [6.07, 6.45) is 3.57. The first kappa shape index (κ1) is 17.6. The van der Waals surface area contributed by atoms with Crippen molar-refractivity contribution in [3.63, 3.8) is 0 Å². The van der Waals surface area contributed by atoms with E-state index in [0.29, 0.717) is 16.8 Å². The van der Waals surface area contributed by atoms with Crippen LogP contribution in [-0.2, 0) is 9.59 Å². The van der Waals surface area contributed by atoms with Gasteiger partial charge in [0.15, 0.2) is 0 Å². The van der Waals surface area contributed by atoms with Gasteiger partial charge in [0.05, 0.1) is 6.04 Å². The third-order valence-corrected chi connectivity index (χ3v) is 5.38. The van der Waals surface area contributed by atoms with Crippen LogP contribution in [0.25, 0.3) is 0 Å².